The zero-order valence-electron chi connectivity index (χ0n) is 12.9. The highest BCUT2D eigenvalue weighted by Crippen LogP contribution is 2.37. The number of amides is 1. The highest BCUT2D eigenvalue weighted by atomic mass is 16.2. The monoisotopic (exact) mass is 267 g/mol. The van der Waals surface area contributed by atoms with Gasteiger partial charge in [0.1, 0.15) is 0 Å². The molecule has 2 aliphatic rings. The van der Waals surface area contributed by atoms with Crippen LogP contribution in [0.4, 0.5) is 0 Å². The zero-order valence-corrected chi connectivity index (χ0v) is 12.9. The number of carbonyl (C=O) groups is 1. The van der Waals surface area contributed by atoms with Gasteiger partial charge in [0.25, 0.3) is 0 Å². The standard InChI is InChI=1S/C15H29N3O/c1-12-13(7-5-10-16-12)14(19)18(4)11-15(17(2)3)8-6-9-15/h12-13,16H,5-11H2,1-4H3. The van der Waals surface area contributed by atoms with Crippen LogP contribution in [0.1, 0.15) is 39.0 Å². The number of hydrogen-bond donors (Lipinski definition) is 1. The van der Waals surface area contributed by atoms with Crippen molar-refractivity contribution in [1.82, 2.24) is 15.1 Å². The highest BCUT2D eigenvalue weighted by molar-refractivity contribution is 5.79. The van der Waals surface area contributed by atoms with Gasteiger partial charge in [-0.05, 0) is 59.7 Å². The van der Waals surface area contributed by atoms with Gasteiger partial charge in [0.05, 0.1) is 5.92 Å². The van der Waals surface area contributed by atoms with Gasteiger partial charge in [-0.25, -0.2) is 0 Å². The summed E-state index contributed by atoms with van der Waals surface area (Å²) in [7, 11) is 6.26. The number of carbonyl (C=O) groups excluding carboxylic acids is 1. The third-order valence-electron chi connectivity index (χ3n) is 5.22. The molecule has 1 heterocycles. The quantitative estimate of drug-likeness (QED) is 0.834. The van der Waals surface area contributed by atoms with E-state index in [2.05, 4.69) is 31.2 Å². The Bertz CT molecular complexity index is 325. The van der Waals surface area contributed by atoms with Gasteiger partial charge in [-0.15, -0.1) is 0 Å². The lowest BCUT2D eigenvalue weighted by atomic mass is 9.75. The molecule has 19 heavy (non-hydrogen) atoms. The summed E-state index contributed by atoms with van der Waals surface area (Å²) in [5, 5.41) is 3.42. The van der Waals surface area contributed by atoms with E-state index in [1.807, 2.05) is 11.9 Å². The van der Waals surface area contributed by atoms with E-state index in [4.69, 9.17) is 0 Å². The van der Waals surface area contributed by atoms with E-state index in [0.717, 1.165) is 25.9 Å². The molecule has 1 saturated heterocycles. The van der Waals surface area contributed by atoms with Crippen molar-refractivity contribution in [3.05, 3.63) is 0 Å². The van der Waals surface area contributed by atoms with Crippen molar-refractivity contribution in [3.8, 4) is 0 Å². The van der Waals surface area contributed by atoms with E-state index < -0.39 is 0 Å². The highest BCUT2D eigenvalue weighted by Gasteiger charge is 2.41. The van der Waals surface area contributed by atoms with E-state index in [1.165, 1.54) is 19.3 Å². The second kappa shape index (κ2) is 5.80. The molecule has 0 spiro atoms. The molecule has 2 rings (SSSR count). The molecule has 2 fully saturated rings. The lowest BCUT2D eigenvalue weighted by Gasteiger charge is -2.49. The first-order valence-corrected chi connectivity index (χ1v) is 7.62. The Morgan fingerprint density at radius 1 is 1.26 bits per heavy atom. The maximum atomic E-state index is 12.6. The summed E-state index contributed by atoms with van der Waals surface area (Å²) in [4.78, 5) is 16.9. The SMILES string of the molecule is CC1NCCCC1C(=O)N(C)CC1(N(C)C)CCC1. The Labute approximate surface area is 117 Å². The molecule has 2 unspecified atom stereocenters. The average molecular weight is 267 g/mol. The fraction of sp³-hybridized carbons (Fsp3) is 0.933. The molecule has 4 heteroatoms. The minimum absolute atomic E-state index is 0.165. The van der Waals surface area contributed by atoms with Crippen LogP contribution >= 0.6 is 0 Å². The summed E-state index contributed by atoms with van der Waals surface area (Å²) in [5.41, 5.74) is 0.232. The van der Waals surface area contributed by atoms with Crippen LogP contribution in [-0.4, -0.2) is 61.5 Å². The largest absolute Gasteiger partial charge is 0.344 e. The summed E-state index contributed by atoms with van der Waals surface area (Å²) in [5.74, 6) is 0.492. The lowest BCUT2D eigenvalue weighted by Crippen LogP contribution is -2.59. The van der Waals surface area contributed by atoms with Crippen molar-refractivity contribution in [2.45, 2.75) is 50.6 Å². The van der Waals surface area contributed by atoms with Crippen LogP contribution in [0.3, 0.4) is 0 Å². The first-order chi connectivity index (χ1) is 8.96. The number of hydrogen-bond acceptors (Lipinski definition) is 3. The zero-order chi connectivity index (χ0) is 14.0. The number of nitrogens with zero attached hydrogens (tertiary/aromatic N) is 2. The van der Waals surface area contributed by atoms with E-state index in [9.17, 15) is 4.79 Å². The van der Waals surface area contributed by atoms with Gasteiger partial charge in [-0.2, -0.15) is 0 Å². The van der Waals surface area contributed by atoms with Crippen molar-refractivity contribution in [3.63, 3.8) is 0 Å². The van der Waals surface area contributed by atoms with Crippen molar-refractivity contribution in [2.75, 3.05) is 34.2 Å². The number of rotatable bonds is 4. The van der Waals surface area contributed by atoms with E-state index in [1.54, 1.807) is 0 Å². The molecule has 4 nitrogen and oxygen atoms in total. The Balaban J connectivity index is 1.95. The normalized spacial score (nSPS) is 29.9. The first kappa shape index (κ1) is 14.8. The number of likely N-dealkylation sites (N-methyl/N-ethyl adjacent to an activating group) is 2. The van der Waals surface area contributed by atoms with Crippen LogP contribution in [0.2, 0.25) is 0 Å². The predicted octanol–water partition coefficient (Wildman–Crippen LogP) is 1.32. The maximum Gasteiger partial charge on any atom is 0.227 e. The maximum absolute atomic E-state index is 12.6. The fourth-order valence-corrected chi connectivity index (χ4v) is 3.52. The molecule has 1 N–H and O–H groups in total. The molecule has 1 aliphatic heterocycles. The summed E-state index contributed by atoms with van der Waals surface area (Å²) < 4.78 is 0. The molecule has 1 aliphatic carbocycles. The fourth-order valence-electron chi connectivity index (χ4n) is 3.52. The second-order valence-electron chi connectivity index (χ2n) is 6.66. The topological polar surface area (TPSA) is 35.6 Å². The summed E-state index contributed by atoms with van der Waals surface area (Å²) in [6.45, 7) is 4.07. The predicted molar refractivity (Wildman–Crippen MR) is 78.1 cm³/mol. The van der Waals surface area contributed by atoms with Gasteiger partial charge in [0, 0.05) is 25.2 Å². The molecule has 1 amide bonds. The summed E-state index contributed by atoms with van der Waals surface area (Å²) >= 11 is 0. The minimum atomic E-state index is 0.165. The van der Waals surface area contributed by atoms with Crippen LogP contribution in [0, 0.1) is 5.92 Å². The molecule has 0 aromatic rings. The van der Waals surface area contributed by atoms with Crippen LogP contribution in [0.25, 0.3) is 0 Å². The van der Waals surface area contributed by atoms with E-state index in [-0.39, 0.29) is 11.5 Å². The van der Waals surface area contributed by atoms with Crippen molar-refractivity contribution >= 4 is 5.91 Å². The van der Waals surface area contributed by atoms with Crippen molar-refractivity contribution in [1.29, 1.82) is 0 Å². The van der Waals surface area contributed by atoms with Crippen LogP contribution in [0.15, 0.2) is 0 Å². The first-order valence-electron chi connectivity index (χ1n) is 7.62. The second-order valence-corrected chi connectivity index (χ2v) is 6.66. The van der Waals surface area contributed by atoms with Crippen molar-refractivity contribution in [2.24, 2.45) is 5.92 Å². The third-order valence-corrected chi connectivity index (χ3v) is 5.22. The summed E-state index contributed by atoms with van der Waals surface area (Å²) in [6, 6.07) is 0.320. The molecular weight excluding hydrogens is 238 g/mol. The molecule has 1 saturated carbocycles. The Hall–Kier alpha value is -0.610. The number of piperidine rings is 1. The molecule has 110 valence electrons. The van der Waals surface area contributed by atoms with Crippen molar-refractivity contribution < 1.29 is 4.79 Å². The lowest BCUT2D eigenvalue weighted by molar-refractivity contribution is -0.138. The van der Waals surface area contributed by atoms with Crippen LogP contribution < -0.4 is 5.32 Å². The Morgan fingerprint density at radius 3 is 2.42 bits per heavy atom. The van der Waals surface area contributed by atoms with Gasteiger partial charge >= 0.3 is 0 Å². The van der Waals surface area contributed by atoms with Gasteiger partial charge < -0.3 is 15.1 Å². The molecule has 0 bridgehead atoms. The Kier molecular flexibility index (Phi) is 4.51. The van der Waals surface area contributed by atoms with Gasteiger partial charge in [0.2, 0.25) is 5.91 Å². The molecular formula is C15H29N3O. The molecule has 0 aromatic heterocycles. The van der Waals surface area contributed by atoms with Crippen LogP contribution in [0.5, 0.6) is 0 Å². The van der Waals surface area contributed by atoms with Gasteiger partial charge in [-0.1, -0.05) is 0 Å². The third kappa shape index (κ3) is 2.95. The summed E-state index contributed by atoms with van der Waals surface area (Å²) in [6.07, 6.45) is 5.88. The molecule has 0 aromatic carbocycles. The minimum Gasteiger partial charge on any atom is -0.344 e. The number of nitrogens with one attached hydrogen (secondary N) is 1. The van der Waals surface area contributed by atoms with E-state index >= 15 is 0 Å². The van der Waals surface area contributed by atoms with E-state index in [0.29, 0.717) is 11.9 Å². The molecule has 0 radical (unpaired) electrons. The average Bonchev–Trinajstić information content (AvgIpc) is 2.32. The smallest absolute Gasteiger partial charge is 0.227 e. The van der Waals surface area contributed by atoms with Crippen LogP contribution in [-0.2, 0) is 4.79 Å². The Morgan fingerprint density at radius 2 is 1.95 bits per heavy atom. The van der Waals surface area contributed by atoms with Gasteiger partial charge in [-0.3, -0.25) is 4.79 Å². The van der Waals surface area contributed by atoms with Gasteiger partial charge in [0.15, 0.2) is 0 Å². The molecule has 2 atom stereocenters.